The SMILES string of the molecule is COc1ccc([C@@]23C(=O)N(Nc4ccc(Cl)cc4Cl)C(=O)[C@@H]2C[C@@H]2C(=CC[C@@H]4C(=O)N(c5cccc([N+](=O)[O-])c5)C(=O)[C@@H]42)[C@@H]3c2ccc(OC)c(O)c2)cc1. The molecule has 4 aromatic rings. The Labute approximate surface area is 324 Å². The van der Waals surface area contributed by atoms with Crippen molar-refractivity contribution in [3.8, 4) is 17.2 Å². The molecule has 280 valence electrons. The van der Waals surface area contributed by atoms with Gasteiger partial charge in [0.25, 0.3) is 17.5 Å². The molecule has 4 aliphatic rings. The maximum absolute atomic E-state index is 15.4. The molecule has 2 N–H and O–H groups in total. The Hall–Kier alpha value is -5.92. The van der Waals surface area contributed by atoms with E-state index in [-0.39, 0.29) is 46.4 Å². The van der Waals surface area contributed by atoms with E-state index in [1.165, 1.54) is 50.6 Å². The molecule has 3 fully saturated rings. The fourth-order valence-corrected chi connectivity index (χ4v) is 9.56. The van der Waals surface area contributed by atoms with E-state index in [2.05, 4.69) is 5.43 Å². The lowest BCUT2D eigenvalue weighted by atomic mass is 9.49. The fraction of sp³-hybridized carbons (Fsp3) is 0.250. The monoisotopic (exact) mass is 782 g/mol. The first kappa shape index (κ1) is 36.1. The first-order chi connectivity index (χ1) is 26.4. The Bertz CT molecular complexity index is 2350. The van der Waals surface area contributed by atoms with Crippen molar-refractivity contribution in [2.24, 2.45) is 23.7 Å². The van der Waals surface area contributed by atoms with Gasteiger partial charge in [0.15, 0.2) is 11.5 Å². The standard InChI is InChI=1S/C40H32Cl2N4O9/c1-54-25-10-7-21(8-11-25)40-29(37(49)45(39(40)51)43-31-14-9-22(41)17-30(31)42)19-28-26(35(40)20-6-15-33(55-2)32(47)16-20)12-13-27-34(28)38(50)44(36(27)48)23-4-3-5-24(18-23)46(52)53/h3-12,14-18,27-29,34-35,43,47H,13,19H2,1-2H3/t27-,28+,29-,34-,35-,40+/m0/s1. The average Bonchev–Trinajstić information content (AvgIpc) is 3.56. The second-order valence-electron chi connectivity index (χ2n) is 13.9. The van der Waals surface area contributed by atoms with Crippen LogP contribution in [0.3, 0.4) is 0 Å². The smallest absolute Gasteiger partial charge is 0.271 e. The molecule has 2 heterocycles. The Balaban J connectivity index is 1.33. The van der Waals surface area contributed by atoms with Crippen molar-refractivity contribution in [1.29, 1.82) is 0 Å². The number of anilines is 2. The number of phenols is 1. The van der Waals surface area contributed by atoms with Crippen molar-refractivity contribution in [3.63, 3.8) is 0 Å². The van der Waals surface area contributed by atoms with E-state index in [0.717, 1.165) is 9.91 Å². The zero-order valence-electron chi connectivity index (χ0n) is 29.3. The summed E-state index contributed by atoms with van der Waals surface area (Å²) >= 11 is 12.7. The lowest BCUT2D eigenvalue weighted by molar-refractivity contribution is -0.384. The summed E-state index contributed by atoms with van der Waals surface area (Å²) in [6.07, 6.45) is 1.99. The minimum atomic E-state index is -1.64. The third-order valence-corrected chi connectivity index (χ3v) is 12.0. The molecule has 4 amide bonds. The summed E-state index contributed by atoms with van der Waals surface area (Å²) in [4.78, 5) is 70.9. The summed E-state index contributed by atoms with van der Waals surface area (Å²) in [7, 11) is 2.92. The van der Waals surface area contributed by atoms with Gasteiger partial charge >= 0.3 is 0 Å². The predicted molar refractivity (Wildman–Crippen MR) is 201 cm³/mol. The van der Waals surface area contributed by atoms with Crippen molar-refractivity contribution in [2.45, 2.75) is 24.2 Å². The second kappa shape index (κ2) is 13.4. The number of fused-ring (bicyclic) bond motifs is 4. The Morgan fingerprint density at radius 2 is 1.65 bits per heavy atom. The number of nitro benzene ring substituents is 1. The number of carbonyl (C=O) groups is 4. The Morgan fingerprint density at radius 1 is 0.891 bits per heavy atom. The third-order valence-electron chi connectivity index (χ3n) is 11.4. The fourth-order valence-electron chi connectivity index (χ4n) is 9.11. The van der Waals surface area contributed by atoms with Crippen LogP contribution in [0, 0.1) is 33.8 Å². The van der Waals surface area contributed by atoms with Gasteiger partial charge in [-0.25, -0.2) is 4.90 Å². The summed E-state index contributed by atoms with van der Waals surface area (Å²) in [6, 6.07) is 21.5. The van der Waals surface area contributed by atoms with Crippen LogP contribution in [0.2, 0.25) is 10.0 Å². The molecule has 6 atom stereocenters. The van der Waals surface area contributed by atoms with Crippen LogP contribution in [0.4, 0.5) is 17.1 Å². The third kappa shape index (κ3) is 5.43. The van der Waals surface area contributed by atoms with E-state index < -0.39 is 63.6 Å². The van der Waals surface area contributed by atoms with Crippen LogP contribution in [-0.4, -0.2) is 52.9 Å². The number of benzene rings is 4. The van der Waals surface area contributed by atoms with Gasteiger partial charge in [0, 0.05) is 23.1 Å². The minimum absolute atomic E-state index is 0.00341. The number of phenolic OH excluding ortho intramolecular Hbond substituents is 1. The highest BCUT2D eigenvalue weighted by atomic mass is 35.5. The number of hydrogen-bond donors (Lipinski definition) is 2. The number of nitrogens with one attached hydrogen (secondary N) is 1. The molecule has 1 saturated carbocycles. The van der Waals surface area contributed by atoms with Crippen molar-refractivity contribution in [1.82, 2.24) is 5.01 Å². The largest absolute Gasteiger partial charge is 0.504 e. The molecule has 13 nitrogen and oxygen atoms in total. The molecule has 0 radical (unpaired) electrons. The van der Waals surface area contributed by atoms with Crippen LogP contribution in [0.25, 0.3) is 0 Å². The first-order valence-corrected chi connectivity index (χ1v) is 18.1. The highest BCUT2D eigenvalue weighted by Crippen LogP contribution is 2.64. The number of amides is 4. The lowest BCUT2D eigenvalue weighted by Crippen LogP contribution is -2.53. The van der Waals surface area contributed by atoms with Gasteiger partial charge in [-0.15, -0.1) is 0 Å². The molecule has 2 saturated heterocycles. The maximum atomic E-state index is 15.4. The molecule has 0 unspecified atom stereocenters. The van der Waals surface area contributed by atoms with Crippen LogP contribution >= 0.6 is 23.2 Å². The molecule has 8 rings (SSSR count). The van der Waals surface area contributed by atoms with Crippen LogP contribution < -0.4 is 19.8 Å². The maximum Gasteiger partial charge on any atom is 0.271 e. The van der Waals surface area contributed by atoms with E-state index in [4.69, 9.17) is 32.7 Å². The van der Waals surface area contributed by atoms with E-state index in [1.807, 2.05) is 6.08 Å². The van der Waals surface area contributed by atoms with E-state index in [0.29, 0.717) is 27.5 Å². The number of methoxy groups -OCH3 is 2. The zero-order chi connectivity index (χ0) is 38.9. The molecule has 15 heteroatoms. The number of nitrogens with zero attached hydrogens (tertiary/aromatic N) is 3. The van der Waals surface area contributed by atoms with Crippen LogP contribution in [-0.2, 0) is 24.6 Å². The van der Waals surface area contributed by atoms with Gasteiger partial charge in [-0.1, -0.05) is 59.1 Å². The summed E-state index contributed by atoms with van der Waals surface area (Å²) in [5, 5.41) is 24.2. The summed E-state index contributed by atoms with van der Waals surface area (Å²) in [6.45, 7) is 0. The Morgan fingerprint density at radius 3 is 2.33 bits per heavy atom. The minimum Gasteiger partial charge on any atom is -0.504 e. The van der Waals surface area contributed by atoms with Gasteiger partial charge in [0.05, 0.1) is 58.7 Å². The number of hydrazine groups is 1. The second-order valence-corrected chi connectivity index (χ2v) is 14.8. The van der Waals surface area contributed by atoms with E-state index in [9.17, 15) is 29.6 Å². The number of nitro groups is 1. The van der Waals surface area contributed by atoms with Crippen LogP contribution in [0.5, 0.6) is 17.2 Å². The molecular weight excluding hydrogens is 751 g/mol. The number of carbonyl (C=O) groups excluding carboxylic acids is 4. The number of ether oxygens (including phenoxy) is 2. The van der Waals surface area contributed by atoms with Crippen molar-refractivity contribution in [2.75, 3.05) is 24.5 Å². The van der Waals surface area contributed by atoms with Gasteiger partial charge in [-0.2, -0.15) is 5.01 Å². The normalized spacial score (nSPS) is 25.6. The molecule has 55 heavy (non-hydrogen) atoms. The molecule has 2 aliphatic heterocycles. The van der Waals surface area contributed by atoms with Crippen molar-refractivity contribution < 1.29 is 38.7 Å². The summed E-state index contributed by atoms with van der Waals surface area (Å²) < 4.78 is 10.8. The van der Waals surface area contributed by atoms with Gasteiger partial charge in [-0.05, 0) is 78.4 Å². The van der Waals surface area contributed by atoms with Gasteiger partial charge in [-0.3, -0.25) is 34.7 Å². The molecule has 0 bridgehead atoms. The highest BCUT2D eigenvalue weighted by Gasteiger charge is 2.70. The van der Waals surface area contributed by atoms with Crippen LogP contribution in [0.15, 0.2) is 96.6 Å². The molecule has 0 aromatic heterocycles. The zero-order valence-corrected chi connectivity index (χ0v) is 30.8. The molecular formula is C40H32Cl2N4O9. The number of rotatable bonds is 8. The number of allylic oxidation sites excluding steroid dienone is 2. The average molecular weight is 784 g/mol. The van der Waals surface area contributed by atoms with Gasteiger partial charge in [0.1, 0.15) is 5.75 Å². The van der Waals surface area contributed by atoms with Crippen molar-refractivity contribution >= 4 is 63.9 Å². The van der Waals surface area contributed by atoms with Crippen molar-refractivity contribution in [3.05, 3.63) is 128 Å². The quantitative estimate of drug-likeness (QED) is 0.0838. The van der Waals surface area contributed by atoms with Gasteiger partial charge < -0.3 is 14.6 Å². The summed E-state index contributed by atoms with van der Waals surface area (Å²) in [5.74, 6) is -6.32. The van der Waals surface area contributed by atoms with E-state index >= 15 is 4.79 Å². The van der Waals surface area contributed by atoms with E-state index in [1.54, 1.807) is 48.5 Å². The number of aromatic hydroxyl groups is 1. The lowest BCUT2D eigenvalue weighted by Gasteiger charge is -2.50. The number of non-ortho nitro benzene ring substituents is 1. The first-order valence-electron chi connectivity index (χ1n) is 17.3. The molecule has 4 aromatic carbocycles. The number of imide groups is 2. The predicted octanol–water partition coefficient (Wildman–Crippen LogP) is 6.81. The highest BCUT2D eigenvalue weighted by molar-refractivity contribution is 6.36. The summed E-state index contributed by atoms with van der Waals surface area (Å²) in [5.41, 5.74) is 2.93. The Kier molecular flexibility index (Phi) is 8.81. The van der Waals surface area contributed by atoms with Gasteiger partial charge in [0.2, 0.25) is 11.8 Å². The van der Waals surface area contributed by atoms with Crippen LogP contribution in [0.1, 0.15) is 29.9 Å². The molecule has 2 aliphatic carbocycles. The number of halogens is 2. The molecule has 0 spiro atoms. The number of hydrogen-bond acceptors (Lipinski definition) is 10. The topological polar surface area (TPSA) is 169 Å².